The lowest BCUT2D eigenvalue weighted by Gasteiger charge is -2.68. The van der Waals surface area contributed by atoms with Gasteiger partial charge in [-0.1, -0.05) is 80.5 Å². The van der Waals surface area contributed by atoms with Gasteiger partial charge >= 0.3 is 11.9 Å². The van der Waals surface area contributed by atoms with Gasteiger partial charge in [0, 0.05) is 31.1 Å². The number of carbonyl (C=O) groups is 3. The molecule has 2 N–H and O–H groups in total. The summed E-state index contributed by atoms with van der Waals surface area (Å²) in [6.45, 7) is 21.4. The smallest absolute Gasteiger partial charge is 0.338 e. The van der Waals surface area contributed by atoms with Crippen LogP contribution in [0.3, 0.4) is 0 Å². The molecule has 10 nitrogen and oxygen atoms in total. The van der Waals surface area contributed by atoms with Crippen LogP contribution in [0.2, 0.25) is 36.3 Å². The molecule has 9 atom stereocenters. The van der Waals surface area contributed by atoms with Gasteiger partial charge in [0.25, 0.3) is 8.32 Å². The minimum Gasteiger partial charge on any atom is -0.541 e. The second-order valence-electron chi connectivity index (χ2n) is 16.9. The molecule has 53 heavy (non-hydrogen) atoms. The number of fused-ring (bicyclic) bond motifs is 5. The van der Waals surface area contributed by atoms with Crippen molar-refractivity contribution in [1.29, 1.82) is 0 Å². The number of ketones is 1. The molecule has 296 valence electrons. The van der Waals surface area contributed by atoms with Crippen LogP contribution in [0, 0.1) is 22.7 Å². The Morgan fingerprint density at radius 1 is 0.925 bits per heavy atom. The minimum atomic E-state index is -2.58. The SMILES string of the molecule is CC[Si](CC)(CC)OC1=C2C(C)C(O)C[C@@](O)([C@@H](OC(=O)c3ccccc3)C3[C@](C)(C1=O)[C@@H](O[Si](CC)(CC)CC)C[C@H]1OC[C@@]31OC(C)=O)C2(C)C. The quantitative estimate of drug-likeness (QED) is 0.155. The van der Waals surface area contributed by atoms with Crippen LogP contribution in [-0.2, 0) is 32.7 Å². The van der Waals surface area contributed by atoms with Crippen molar-refractivity contribution in [1.82, 2.24) is 0 Å². The topological polar surface area (TPSA) is 138 Å². The largest absolute Gasteiger partial charge is 0.541 e. The summed E-state index contributed by atoms with van der Waals surface area (Å²) < 4.78 is 33.9. The van der Waals surface area contributed by atoms with Gasteiger partial charge in [-0.05, 0) is 60.9 Å². The Balaban J connectivity index is 1.93. The molecule has 2 bridgehead atoms. The van der Waals surface area contributed by atoms with Crippen LogP contribution in [0.25, 0.3) is 0 Å². The molecule has 0 aromatic heterocycles. The average Bonchev–Trinajstić information content (AvgIpc) is 3.13. The first-order valence-electron chi connectivity index (χ1n) is 20.0. The molecule has 3 aliphatic carbocycles. The van der Waals surface area contributed by atoms with Crippen molar-refractivity contribution < 1.29 is 47.7 Å². The molecule has 0 radical (unpaired) electrons. The Bertz CT molecular complexity index is 1550. The Kier molecular flexibility index (Phi) is 11.8. The molecule has 5 rings (SSSR count). The summed E-state index contributed by atoms with van der Waals surface area (Å²) in [6.07, 6.45) is -3.88. The van der Waals surface area contributed by atoms with E-state index in [0.29, 0.717) is 5.57 Å². The van der Waals surface area contributed by atoms with Gasteiger partial charge < -0.3 is 33.3 Å². The van der Waals surface area contributed by atoms with E-state index in [4.69, 9.17) is 23.1 Å². The number of ether oxygens (including phenoxy) is 3. The zero-order valence-electron chi connectivity index (χ0n) is 33.9. The van der Waals surface area contributed by atoms with Gasteiger partial charge in [0.1, 0.15) is 23.6 Å². The van der Waals surface area contributed by atoms with E-state index in [1.165, 1.54) is 6.92 Å². The molecule has 1 saturated heterocycles. The summed E-state index contributed by atoms with van der Waals surface area (Å²) in [7, 11) is -5.02. The molecule has 1 aromatic rings. The first-order chi connectivity index (χ1) is 24.9. The van der Waals surface area contributed by atoms with Crippen molar-refractivity contribution >= 4 is 34.4 Å². The third-order valence-corrected chi connectivity index (χ3v) is 23.7. The molecule has 1 aromatic carbocycles. The maximum absolute atomic E-state index is 16.3. The lowest BCUT2D eigenvalue weighted by Crippen LogP contribution is -2.81. The zero-order valence-corrected chi connectivity index (χ0v) is 35.9. The second-order valence-corrected chi connectivity index (χ2v) is 26.3. The third-order valence-electron chi connectivity index (χ3n) is 14.5. The third kappa shape index (κ3) is 6.40. The molecule has 0 spiro atoms. The molecule has 12 heteroatoms. The van der Waals surface area contributed by atoms with E-state index in [2.05, 4.69) is 41.5 Å². The molecule has 4 aliphatic rings. The number of rotatable bonds is 13. The van der Waals surface area contributed by atoms with Crippen LogP contribution < -0.4 is 0 Å². The standard InChI is InChI=1S/C41H64O10Si2/c1-12-52(13-2,14-3)50-30-23-31-40(25-47-31,49-27(8)42)34-36(48-37(45)28-21-19-18-20-22-28)41(46)24-29(43)26(7)32(38(41,9)10)33(35(44)39(30,34)11)51-53(15-4,16-5)17-6/h18-22,26,29-31,34,36,43,46H,12-17,23-25H2,1-11H3/t26?,29?,30-,31+,34?,36-,39+,40-,41+/m0/s1. The van der Waals surface area contributed by atoms with E-state index in [0.717, 1.165) is 36.3 Å². The summed E-state index contributed by atoms with van der Waals surface area (Å²) in [6, 6.07) is 13.3. The van der Waals surface area contributed by atoms with Crippen LogP contribution >= 0.6 is 0 Å². The molecular weight excluding hydrogens is 709 g/mol. The van der Waals surface area contributed by atoms with Gasteiger partial charge in [0.2, 0.25) is 5.78 Å². The van der Waals surface area contributed by atoms with Crippen LogP contribution in [0.5, 0.6) is 0 Å². The monoisotopic (exact) mass is 772 g/mol. The fraction of sp³-hybridized carbons (Fsp3) is 0.732. The van der Waals surface area contributed by atoms with Crippen molar-refractivity contribution in [3.8, 4) is 0 Å². The number of Topliss-reactive ketones (excluding diaryl/α,β-unsaturated/α-hetero) is 1. The van der Waals surface area contributed by atoms with Gasteiger partial charge in [-0.25, -0.2) is 4.79 Å². The van der Waals surface area contributed by atoms with E-state index in [-0.39, 0.29) is 36.6 Å². The fourth-order valence-electron chi connectivity index (χ4n) is 10.4. The van der Waals surface area contributed by atoms with Gasteiger partial charge in [-0.2, -0.15) is 0 Å². The van der Waals surface area contributed by atoms with Crippen molar-refractivity contribution in [2.24, 2.45) is 22.7 Å². The van der Waals surface area contributed by atoms with Gasteiger partial charge in [0.15, 0.2) is 13.9 Å². The van der Waals surface area contributed by atoms with E-state index in [1.54, 1.807) is 30.3 Å². The number of hydrogen-bond acceptors (Lipinski definition) is 10. The fourth-order valence-corrected chi connectivity index (χ4v) is 15.9. The molecule has 1 aliphatic heterocycles. The lowest BCUT2D eigenvalue weighted by molar-refractivity contribution is -0.344. The van der Waals surface area contributed by atoms with E-state index < -0.39 is 86.9 Å². The maximum atomic E-state index is 16.3. The first kappa shape index (κ1) is 41.8. The van der Waals surface area contributed by atoms with Crippen LogP contribution in [0.1, 0.15) is 99.4 Å². The van der Waals surface area contributed by atoms with Crippen molar-refractivity contribution in [3.63, 3.8) is 0 Å². The first-order valence-corrected chi connectivity index (χ1v) is 25.1. The minimum absolute atomic E-state index is 0.0609. The maximum Gasteiger partial charge on any atom is 0.338 e. The zero-order chi connectivity index (χ0) is 39.4. The van der Waals surface area contributed by atoms with Crippen molar-refractivity contribution in [2.75, 3.05) is 6.61 Å². The second kappa shape index (κ2) is 14.9. The Morgan fingerprint density at radius 2 is 1.49 bits per heavy atom. The number of hydrogen-bond donors (Lipinski definition) is 2. The van der Waals surface area contributed by atoms with E-state index in [1.807, 2.05) is 27.7 Å². The highest BCUT2D eigenvalue weighted by Gasteiger charge is 2.78. The van der Waals surface area contributed by atoms with E-state index >= 15 is 4.79 Å². The summed E-state index contributed by atoms with van der Waals surface area (Å²) in [5.74, 6) is -3.12. The number of aliphatic hydroxyl groups is 2. The summed E-state index contributed by atoms with van der Waals surface area (Å²) in [5, 5.41) is 25.5. The molecular formula is C41H64O10Si2. The number of esters is 2. The highest BCUT2D eigenvalue weighted by Crippen LogP contribution is 2.65. The van der Waals surface area contributed by atoms with Gasteiger partial charge in [-0.15, -0.1) is 0 Å². The van der Waals surface area contributed by atoms with Crippen molar-refractivity contribution in [3.05, 3.63) is 47.2 Å². The summed E-state index contributed by atoms with van der Waals surface area (Å²) in [5.41, 5.74) is -5.41. The highest BCUT2D eigenvalue weighted by atomic mass is 28.4. The molecule has 2 saturated carbocycles. The number of allylic oxidation sites excluding steroid dienone is 1. The number of carbonyl (C=O) groups excluding carboxylic acids is 3. The van der Waals surface area contributed by atoms with Crippen LogP contribution in [0.4, 0.5) is 0 Å². The van der Waals surface area contributed by atoms with Gasteiger partial charge in [-0.3, -0.25) is 9.59 Å². The number of aliphatic hydroxyl groups excluding tert-OH is 1. The Labute approximate surface area is 318 Å². The van der Waals surface area contributed by atoms with Gasteiger partial charge in [0.05, 0.1) is 35.7 Å². The molecule has 3 unspecified atom stereocenters. The number of benzene rings is 1. The molecule has 3 fully saturated rings. The van der Waals surface area contributed by atoms with E-state index in [9.17, 15) is 19.8 Å². The van der Waals surface area contributed by atoms with Crippen molar-refractivity contribution in [2.45, 2.75) is 161 Å². The Morgan fingerprint density at radius 3 is 1.98 bits per heavy atom. The normalized spacial score (nSPS) is 35.2. The predicted octanol–water partition coefficient (Wildman–Crippen LogP) is 7.35. The summed E-state index contributed by atoms with van der Waals surface area (Å²) in [4.78, 5) is 43.8. The average molecular weight is 773 g/mol. The van der Waals surface area contributed by atoms with Crippen LogP contribution in [0.15, 0.2) is 41.7 Å². The lowest BCUT2D eigenvalue weighted by atomic mass is 9.45. The van der Waals surface area contributed by atoms with Crippen LogP contribution in [-0.4, -0.2) is 86.8 Å². The molecule has 0 amide bonds. The predicted molar refractivity (Wildman–Crippen MR) is 207 cm³/mol. The highest BCUT2D eigenvalue weighted by molar-refractivity contribution is 6.74. The summed E-state index contributed by atoms with van der Waals surface area (Å²) >= 11 is 0. The molecule has 1 heterocycles. The Hall–Kier alpha value is -2.36.